The van der Waals surface area contributed by atoms with Gasteiger partial charge in [0.05, 0.1) is 4.90 Å². The molecule has 0 fully saturated rings. The Morgan fingerprint density at radius 2 is 1.96 bits per heavy atom. The molecule has 1 aromatic heterocycles. The number of rotatable bonds is 5. The normalized spacial score (nSPS) is 17.5. The molecule has 2 aromatic rings. The molecule has 1 aliphatic rings. The van der Waals surface area contributed by atoms with Crippen molar-refractivity contribution in [2.24, 2.45) is 0 Å². The molecule has 124 valence electrons. The van der Waals surface area contributed by atoms with Crippen molar-refractivity contribution in [1.29, 1.82) is 0 Å². The van der Waals surface area contributed by atoms with Crippen LogP contribution in [0, 0.1) is 0 Å². The van der Waals surface area contributed by atoms with Crippen LogP contribution in [0.4, 0.5) is 0 Å². The molecule has 0 radical (unpaired) electrons. The van der Waals surface area contributed by atoms with E-state index in [1.54, 1.807) is 25.1 Å². The molecule has 2 N–H and O–H groups in total. The van der Waals surface area contributed by atoms with Gasteiger partial charge in [-0.1, -0.05) is 12.1 Å². The molecule has 0 spiro atoms. The summed E-state index contributed by atoms with van der Waals surface area (Å²) in [6, 6.07) is 8.99. The summed E-state index contributed by atoms with van der Waals surface area (Å²) < 4.78 is 27.6. The Bertz CT molecular complexity index is 780. The summed E-state index contributed by atoms with van der Waals surface area (Å²) in [5.41, 5.74) is 1.17. The van der Waals surface area contributed by atoms with Crippen LogP contribution in [0.1, 0.15) is 35.8 Å². The first-order valence-corrected chi connectivity index (χ1v) is 10.1. The predicted octanol–water partition coefficient (Wildman–Crippen LogP) is 2.81. The second-order valence-corrected chi connectivity index (χ2v) is 8.93. The van der Waals surface area contributed by atoms with E-state index in [1.807, 2.05) is 17.5 Å². The largest absolute Gasteiger partial charge is 0.383 e. The number of nitrogens with one attached hydrogen (secondary N) is 1. The van der Waals surface area contributed by atoms with E-state index < -0.39 is 15.6 Å². The SMILES string of the molecule is CC(O)(CNS(=O)(=O)c1ccc2c(c1)CCCC2)c1cccs1. The standard InChI is InChI=1S/C17H21NO3S2/c1-17(19,16-7-4-10-22-16)12-18-23(20,21)15-9-8-13-5-2-3-6-14(13)11-15/h4,7-11,18-19H,2-3,5-6,12H2,1H3. The van der Waals surface area contributed by atoms with E-state index in [0.29, 0.717) is 0 Å². The van der Waals surface area contributed by atoms with Crippen molar-refractivity contribution in [1.82, 2.24) is 4.72 Å². The second kappa shape index (κ2) is 6.36. The van der Waals surface area contributed by atoms with Crippen molar-refractivity contribution in [2.45, 2.75) is 43.1 Å². The molecule has 0 amide bonds. The third kappa shape index (κ3) is 3.66. The maximum atomic E-state index is 12.5. The van der Waals surface area contributed by atoms with Crippen molar-refractivity contribution >= 4 is 21.4 Å². The maximum absolute atomic E-state index is 12.5. The fraction of sp³-hybridized carbons (Fsp3) is 0.412. The van der Waals surface area contributed by atoms with Crippen LogP contribution in [0.15, 0.2) is 40.6 Å². The molecule has 1 aliphatic carbocycles. The molecule has 1 heterocycles. The lowest BCUT2D eigenvalue weighted by Gasteiger charge is -2.22. The quantitative estimate of drug-likeness (QED) is 0.870. The fourth-order valence-electron chi connectivity index (χ4n) is 2.87. The van der Waals surface area contributed by atoms with Crippen LogP contribution in [-0.2, 0) is 28.5 Å². The summed E-state index contributed by atoms with van der Waals surface area (Å²) in [6.45, 7) is 1.57. The molecule has 0 saturated carbocycles. The molecule has 23 heavy (non-hydrogen) atoms. The van der Waals surface area contributed by atoms with Crippen molar-refractivity contribution in [3.05, 3.63) is 51.7 Å². The lowest BCUT2D eigenvalue weighted by molar-refractivity contribution is 0.0666. The molecule has 4 nitrogen and oxygen atoms in total. The third-order valence-corrected chi connectivity index (χ3v) is 6.81. The van der Waals surface area contributed by atoms with Gasteiger partial charge in [0.25, 0.3) is 0 Å². The number of aryl methyl sites for hydroxylation is 2. The summed E-state index contributed by atoms with van der Waals surface area (Å²) in [7, 11) is -3.62. The van der Waals surface area contributed by atoms with Crippen molar-refractivity contribution in [2.75, 3.05) is 6.54 Å². The molecular weight excluding hydrogens is 330 g/mol. The molecule has 3 rings (SSSR count). The number of aliphatic hydroxyl groups is 1. The average molecular weight is 351 g/mol. The van der Waals surface area contributed by atoms with Gasteiger partial charge in [0.15, 0.2) is 0 Å². The molecule has 1 unspecified atom stereocenters. The lowest BCUT2D eigenvalue weighted by atomic mass is 9.92. The van der Waals surface area contributed by atoms with E-state index in [-0.39, 0.29) is 11.4 Å². The van der Waals surface area contributed by atoms with Crippen LogP contribution in [0.5, 0.6) is 0 Å². The summed E-state index contributed by atoms with van der Waals surface area (Å²) in [4.78, 5) is 1.02. The summed E-state index contributed by atoms with van der Waals surface area (Å²) >= 11 is 1.41. The van der Waals surface area contributed by atoms with Gasteiger partial charge in [0, 0.05) is 11.4 Å². The minimum atomic E-state index is -3.62. The minimum Gasteiger partial charge on any atom is -0.383 e. The van der Waals surface area contributed by atoms with E-state index >= 15 is 0 Å². The van der Waals surface area contributed by atoms with Crippen LogP contribution in [0.3, 0.4) is 0 Å². The first kappa shape index (κ1) is 16.6. The number of thiophene rings is 1. The summed E-state index contributed by atoms with van der Waals surface area (Å²) in [6.07, 6.45) is 4.24. The van der Waals surface area contributed by atoms with Crippen LogP contribution in [0.25, 0.3) is 0 Å². The van der Waals surface area contributed by atoms with Gasteiger partial charge in [-0.25, -0.2) is 13.1 Å². The van der Waals surface area contributed by atoms with E-state index in [1.165, 1.54) is 23.3 Å². The Hall–Kier alpha value is -1.21. The number of sulfonamides is 1. The number of fused-ring (bicyclic) bond motifs is 1. The second-order valence-electron chi connectivity index (χ2n) is 6.21. The summed E-state index contributed by atoms with van der Waals surface area (Å²) in [5, 5.41) is 12.3. The molecular formula is C17H21NO3S2. The predicted molar refractivity (Wildman–Crippen MR) is 92.2 cm³/mol. The Kier molecular flexibility index (Phi) is 4.60. The van der Waals surface area contributed by atoms with Gasteiger partial charge in [-0.3, -0.25) is 0 Å². The zero-order valence-electron chi connectivity index (χ0n) is 13.1. The van der Waals surface area contributed by atoms with E-state index in [9.17, 15) is 13.5 Å². The van der Waals surface area contributed by atoms with Gasteiger partial charge in [-0.15, -0.1) is 11.3 Å². The van der Waals surface area contributed by atoms with E-state index in [2.05, 4.69) is 4.72 Å². The molecule has 0 saturated heterocycles. The summed E-state index contributed by atoms with van der Waals surface area (Å²) in [5.74, 6) is 0. The first-order valence-electron chi connectivity index (χ1n) is 7.76. The number of hydrogen-bond acceptors (Lipinski definition) is 4. The molecule has 0 bridgehead atoms. The average Bonchev–Trinajstić information content (AvgIpc) is 3.08. The molecule has 1 atom stereocenters. The molecule has 6 heteroatoms. The van der Waals surface area contributed by atoms with Crippen molar-refractivity contribution in [3.63, 3.8) is 0 Å². The number of benzene rings is 1. The first-order chi connectivity index (χ1) is 10.9. The van der Waals surface area contributed by atoms with Crippen LogP contribution in [0.2, 0.25) is 0 Å². The molecule has 0 aliphatic heterocycles. The van der Waals surface area contributed by atoms with E-state index in [0.717, 1.165) is 29.7 Å². The zero-order chi connectivity index (χ0) is 16.5. The number of hydrogen-bond donors (Lipinski definition) is 2. The van der Waals surface area contributed by atoms with Gasteiger partial charge in [0.2, 0.25) is 10.0 Å². The lowest BCUT2D eigenvalue weighted by Crippen LogP contribution is -2.38. The topological polar surface area (TPSA) is 66.4 Å². The highest BCUT2D eigenvalue weighted by Crippen LogP contribution is 2.26. The van der Waals surface area contributed by atoms with Crippen molar-refractivity contribution < 1.29 is 13.5 Å². The van der Waals surface area contributed by atoms with Crippen LogP contribution in [-0.4, -0.2) is 20.1 Å². The molecule has 1 aromatic carbocycles. The Morgan fingerprint density at radius 3 is 2.65 bits per heavy atom. The highest BCUT2D eigenvalue weighted by Gasteiger charge is 2.27. The third-order valence-electron chi connectivity index (χ3n) is 4.29. The smallest absolute Gasteiger partial charge is 0.240 e. The van der Waals surface area contributed by atoms with E-state index in [4.69, 9.17) is 0 Å². The minimum absolute atomic E-state index is 0.0487. The van der Waals surface area contributed by atoms with Gasteiger partial charge >= 0.3 is 0 Å². The van der Waals surface area contributed by atoms with Crippen molar-refractivity contribution in [3.8, 4) is 0 Å². The Balaban J connectivity index is 1.77. The highest BCUT2D eigenvalue weighted by atomic mass is 32.2. The Labute approximate surface area is 141 Å². The van der Waals surface area contributed by atoms with Crippen LogP contribution >= 0.6 is 11.3 Å². The fourth-order valence-corrected chi connectivity index (χ4v) is 4.84. The van der Waals surface area contributed by atoms with Gasteiger partial charge in [0.1, 0.15) is 5.60 Å². The van der Waals surface area contributed by atoms with Gasteiger partial charge in [-0.05, 0) is 67.3 Å². The van der Waals surface area contributed by atoms with Crippen LogP contribution < -0.4 is 4.72 Å². The van der Waals surface area contributed by atoms with Gasteiger partial charge in [-0.2, -0.15) is 0 Å². The van der Waals surface area contributed by atoms with Gasteiger partial charge < -0.3 is 5.11 Å². The Morgan fingerprint density at radius 1 is 1.22 bits per heavy atom. The monoisotopic (exact) mass is 351 g/mol. The highest BCUT2D eigenvalue weighted by molar-refractivity contribution is 7.89. The zero-order valence-corrected chi connectivity index (χ0v) is 14.7. The maximum Gasteiger partial charge on any atom is 0.240 e.